The molecule has 7 nitrogen and oxygen atoms in total. The molecule has 2 aromatic carbocycles. The second-order valence-electron chi connectivity index (χ2n) is 9.39. The highest BCUT2D eigenvalue weighted by molar-refractivity contribution is 6.34. The van der Waals surface area contributed by atoms with E-state index in [0.717, 1.165) is 29.8 Å². The van der Waals surface area contributed by atoms with Crippen LogP contribution in [-0.4, -0.2) is 46.9 Å². The van der Waals surface area contributed by atoms with Crippen LogP contribution < -0.4 is 16.4 Å². The molecule has 3 aromatic rings. The lowest BCUT2D eigenvalue weighted by molar-refractivity contribution is 0.0740. The Kier molecular flexibility index (Phi) is 9.05. The minimum atomic E-state index is -0.484. The van der Waals surface area contributed by atoms with Crippen molar-refractivity contribution in [3.05, 3.63) is 105 Å². The molecule has 1 fully saturated rings. The summed E-state index contributed by atoms with van der Waals surface area (Å²) in [6.07, 6.45) is 3.92. The fourth-order valence-electron chi connectivity index (χ4n) is 4.59. The third-order valence-electron chi connectivity index (χ3n) is 6.72. The molecule has 38 heavy (non-hydrogen) atoms. The molecule has 1 aliphatic rings. The van der Waals surface area contributed by atoms with Crippen LogP contribution in [-0.2, 0) is 6.42 Å². The van der Waals surface area contributed by atoms with Gasteiger partial charge >= 0.3 is 0 Å². The zero-order valence-corrected chi connectivity index (χ0v) is 22.7. The van der Waals surface area contributed by atoms with E-state index in [2.05, 4.69) is 22.2 Å². The van der Waals surface area contributed by atoms with Crippen molar-refractivity contribution < 1.29 is 9.59 Å². The van der Waals surface area contributed by atoms with Gasteiger partial charge in [0.15, 0.2) is 0 Å². The molecule has 1 aliphatic heterocycles. The summed E-state index contributed by atoms with van der Waals surface area (Å²) >= 11 is 12.6. The topological polar surface area (TPSA) is 100 Å². The van der Waals surface area contributed by atoms with Gasteiger partial charge in [-0.05, 0) is 73.9 Å². The average molecular weight is 553 g/mol. The molecule has 2 unspecified atom stereocenters. The molecule has 2 atom stereocenters. The average Bonchev–Trinajstić information content (AvgIpc) is 3.39. The third kappa shape index (κ3) is 6.54. The number of carbonyl (C=O) groups is 2. The Morgan fingerprint density at radius 1 is 1.18 bits per heavy atom. The fraction of sp³-hybridized carbons (Fsp3) is 0.276. The quantitative estimate of drug-likeness (QED) is 0.338. The summed E-state index contributed by atoms with van der Waals surface area (Å²) in [5.74, 6) is -0.512. The van der Waals surface area contributed by atoms with E-state index < -0.39 is 6.04 Å². The lowest BCUT2D eigenvalue weighted by atomic mass is 10.0. The highest BCUT2D eigenvalue weighted by Gasteiger charge is 2.29. The first kappa shape index (κ1) is 27.6. The number of amides is 2. The van der Waals surface area contributed by atoms with Crippen LogP contribution >= 0.6 is 23.2 Å². The fourth-order valence-corrected chi connectivity index (χ4v) is 5.08. The number of carbonyl (C=O) groups excluding carboxylic acids is 2. The van der Waals surface area contributed by atoms with Crippen LogP contribution in [0.2, 0.25) is 10.0 Å². The Morgan fingerprint density at radius 2 is 2.00 bits per heavy atom. The zero-order valence-electron chi connectivity index (χ0n) is 21.2. The maximum atomic E-state index is 13.3. The number of benzene rings is 2. The minimum Gasteiger partial charge on any atom is -0.357 e. The Bertz CT molecular complexity index is 1330. The Hall–Kier alpha value is -3.39. The Morgan fingerprint density at radius 3 is 2.68 bits per heavy atom. The van der Waals surface area contributed by atoms with Gasteiger partial charge in [-0.3, -0.25) is 14.6 Å². The van der Waals surface area contributed by atoms with E-state index >= 15 is 0 Å². The van der Waals surface area contributed by atoms with Gasteiger partial charge in [-0.2, -0.15) is 0 Å². The largest absolute Gasteiger partial charge is 0.357 e. The number of aromatic nitrogens is 1. The number of aryl methyl sites for hydroxylation is 1. The van der Waals surface area contributed by atoms with Crippen molar-refractivity contribution in [3.63, 3.8) is 0 Å². The first-order valence-electron chi connectivity index (χ1n) is 12.5. The summed E-state index contributed by atoms with van der Waals surface area (Å²) in [7, 11) is 0. The van der Waals surface area contributed by atoms with Crippen molar-refractivity contribution >= 4 is 40.7 Å². The molecule has 4 N–H and O–H groups in total. The summed E-state index contributed by atoms with van der Waals surface area (Å²) in [5.41, 5.74) is 9.70. The molecule has 198 valence electrons. The van der Waals surface area contributed by atoms with Crippen LogP contribution in [0, 0.1) is 6.92 Å². The number of rotatable bonds is 9. The van der Waals surface area contributed by atoms with E-state index in [1.165, 1.54) is 6.07 Å². The number of hydrogen-bond donors (Lipinski definition) is 3. The number of nitrogens with one attached hydrogen (secondary N) is 2. The van der Waals surface area contributed by atoms with Gasteiger partial charge < -0.3 is 21.3 Å². The molecule has 0 aliphatic carbocycles. The Labute approximate surface area is 233 Å². The predicted molar refractivity (Wildman–Crippen MR) is 153 cm³/mol. The van der Waals surface area contributed by atoms with Crippen LogP contribution in [0.25, 0.3) is 0 Å². The molecule has 2 heterocycles. The third-order valence-corrected chi connectivity index (χ3v) is 7.27. The van der Waals surface area contributed by atoms with Crippen LogP contribution in [0.4, 0.5) is 5.69 Å². The van der Waals surface area contributed by atoms with Crippen LogP contribution in [0.3, 0.4) is 0 Å². The van der Waals surface area contributed by atoms with Gasteiger partial charge in [-0.25, -0.2) is 0 Å². The van der Waals surface area contributed by atoms with Crippen molar-refractivity contribution in [1.29, 1.82) is 0 Å². The highest BCUT2D eigenvalue weighted by Crippen LogP contribution is 2.25. The number of anilines is 1. The van der Waals surface area contributed by atoms with Gasteiger partial charge in [-0.15, -0.1) is 0 Å². The number of nitrogens with two attached hydrogens (primary N) is 1. The number of hydrogen-bond acceptors (Lipinski definition) is 5. The SMILES string of the molecule is C=C(Nc1ccc(Cl)cc1C)C(Cc1ccccn1)NC(=O)c1ccc(C(=O)N2CCCC2CN)c(Cl)c1. The second-order valence-corrected chi connectivity index (χ2v) is 10.2. The van der Waals surface area contributed by atoms with Gasteiger partial charge in [0.2, 0.25) is 0 Å². The monoisotopic (exact) mass is 551 g/mol. The summed E-state index contributed by atoms with van der Waals surface area (Å²) in [4.78, 5) is 32.5. The van der Waals surface area contributed by atoms with E-state index in [-0.39, 0.29) is 22.9 Å². The van der Waals surface area contributed by atoms with Crippen LogP contribution in [0.5, 0.6) is 0 Å². The van der Waals surface area contributed by atoms with Gasteiger partial charge in [0.25, 0.3) is 11.8 Å². The van der Waals surface area contributed by atoms with E-state index in [9.17, 15) is 9.59 Å². The van der Waals surface area contributed by atoms with Crippen LogP contribution in [0.15, 0.2) is 73.1 Å². The van der Waals surface area contributed by atoms with E-state index in [1.54, 1.807) is 29.3 Å². The number of nitrogens with zero attached hydrogens (tertiary/aromatic N) is 2. The maximum absolute atomic E-state index is 13.3. The molecule has 0 spiro atoms. The second kappa shape index (κ2) is 12.4. The molecular formula is C29H31Cl2N5O2. The standard InChI is InChI=1S/C29H31Cl2N5O2/c1-18-14-21(30)9-11-26(18)34-19(2)27(16-22-6-3-4-12-33-22)35-28(37)20-8-10-24(25(31)15-20)29(38)36-13-5-7-23(36)17-32/h3-4,6,8-12,14-15,23,27,34H,2,5,7,13,16-17,32H2,1H3,(H,35,37). The molecule has 0 saturated carbocycles. The smallest absolute Gasteiger partial charge is 0.255 e. The van der Waals surface area contributed by atoms with Crippen molar-refractivity contribution in [2.45, 2.75) is 38.3 Å². The molecule has 1 saturated heterocycles. The molecule has 1 aromatic heterocycles. The molecule has 0 bridgehead atoms. The maximum Gasteiger partial charge on any atom is 0.255 e. The Balaban J connectivity index is 1.52. The van der Waals surface area contributed by atoms with Crippen molar-refractivity contribution in [1.82, 2.24) is 15.2 Å². The van der Waals surface area contributed by atoms with Crippen molar-refractivity contribution in [2.75, 3.05) is 18.4 Å². The van der Waals surface area contributed by atoms with E-state index in [4.69, 9.17) is 28.9 Å². The summed E-state index contributed by atoms with van der Waals surface area (Å²) in [5, 5.41) is 7.21. The summed E-state index contributed by atoms with van der Waals surface area (Å²) in [6, 6.07) is 15.4. The van der Waals surface area contributed by atoms with Gasteiger partial charge in [0.1, 0.15) is 0 Å². The van der Waals surface area contributed by atoms with Crippen molar-refractivity contribution in [3.8, 4) is 0 Å². The summed E-state index contributed by atoms with van der Waals surface area (Å²) < 4.78 is 0. The molecule has 2 amide bonds. The van der Waals surface area contributed by atoms with E-state index in [0.29, 0.717) is 41.4 Å². The molecule has 0 radical (unpaired) electrons. The highest BCUT2D eigenvalue weighted by atomic mass is 35.5. The first-order chi connectivity index (χ1) is 18.3. The number of halogens is 2. The van der Waals surface area contributed by atoms with Crippen LogP contribution in [0.1, 0.15) is 44.8 Å². The lowest BCUT2D eigenvalue weighted by Crippen LogP contribution is -2.40. The predicted octanol–water partition coefficient (Wildman–Crippen LogP) is 5.23. The van der Waals surface area contributed by atoms with E-state index in [1.807, 2.05) is 37.3 Å². The first-order valence-corrected chi connectivity index (χ1v) is 13.3. The van der Waals surface area contributed by atoms with Crippen molar-refractivity contribution in [2.24, 2.45) is 5.73 Å². The van der Waals surface area contributed by atoms with Gasteiger partial charge in [-0.1, -0.05) is 35.8 Å². The minimum absolute atomic E-state index is 0.0108. The van der Waals surface area contributed by atoms with Gasteiger partial charge in [0, 0.05) is 59.4 Å². The molecule has 4 rings (SSSR count). The summed E-state index contributed by atoms with van der Waals surface area (Å²) in [6.45, 7) is 7.20. The zero-order chi connectivity index (χ0) is 27.2. The molecule has 9 heteroatoms. The number of pyridine rings is 1. The normalized spacial score (nSPS) is 15.7. The lowest BCUT2D eigenvalue weighted by Gasteiger charge is -2.24. The van der Waals surface area contributed by atoms with Gasteiger partial charge in [0.05, 0.1) is 16.6 Å². The molecular weight excluding hydrogens is 521 g/mol. The number of likely N-dealkylation sites (tertiary alicyclic amines) is 1.